The number of hydrogen-bond acceptors (Lipinski definition) is 2. The fourth-order valence-electron chi connectivity index (χ4n) is 1.11. The lowest BCUT2D eigenvalue weighted by molar-refractivity contribution is 0.279. The summed E-state index contributed by atoms with van der Waals surface area (Å²) < 4.78 is 1.38. The molecule has 0 unspecified atom stereocenters. The monoisotopic (exact) mass is 156 g/mol. The van der Waals surface area contributed by atoms with E-state index in [0.29, 0.717) is 5.56 Å². The van der Waals surface area contributed by atoms with Gasteiger partial charge in [0.25, 0.3) is 5.56 Å². The van der Waals surface area contributed by atoms with Crippen LogP contribution in [-0.2, 0) is 20.1 Å². The normalized spacial score (nSPS) is 10.5. The zero-order valence-corrected chi connectivity index (χ0v) is 6.72. The Morgan fingerprint density at radius 2 is 2.27 bits per heavy atom. The summed E-state index contributed by atoms with van der Waals surface area (Å²) in [5, 5.41) is 11.7. The molecule has 0 aliphatic rings. The molecule has 1 rings (SSSR count). The molecule has 0 aliphatic carbocycles. The van der Waals surface area contributed by atoms with Gasteiger partial charge in [-0.05, 0) is 6.42 Å². The lowest BCUT2D eigenvalue weighted by Crippen LogP contribution is -2.15. The molecule has 1 aromatic heterocycles. The molecule has 0 aromatic carbocycles. The first-order chi connectivity index (χ1) is 5.20. The van der Waals surface area contributed by atoms with Crippen molar-refractivity contribution < 1.29 is 5.11 Å². The van der Waals surface area contributed by atoms with Crippen LogP contribution in [0.3, 0.4) is 0 Å². The number of aliphatic hydroxyl groups is 1. The minimum Gasteiger partial charge on any atom is -0.391 e. The smallest absolute Gasteiger partial charge is 0.272 e. The Labute approximate surface area is 64.5 Å². The number of nitrogens with zero attached hydrogens (tertiary/aromatic N) is 1. The molecule has 62 valence electrons. The van der Waals surface area contributed by atoms with Gasteiger partial charge in [0, 0.05) is 12.7 Å². The van der Waals surface area contributed by atoms with Crippen LogP contribution >= 0.6 is 0 Å². The minimum absolute atomic E-state index is 0.135. The zero-order valence-electron chi connectivity index (χ0n) is 6.72. The topological polar surface area (TPSA) is 58.0 Å². The molecule has 0 spiro atoms. The number of H-pyrrole nitrogens is 1. The van der Waals surface area contributed by atoms with E-state index in [1.54, 1.807) is 7.05 Å². The second-order valence-corrected chi connectivity index (χ2v) is 2.44. The van der Waals surface area contributed by atoms with Gasteiger partial charge in [-0.25, -0.2) is 0 Å². The molecule has 0 saturated carbocycles. The highest BCUT2D eigenvalue weighted by Gasteiger charge is 2.08. The van der Waals surface area contributed by atoms with E-state index in [1.165, 1.54) is 4.68 Å². The van der Waals surface area contributed by atoms with Crippen molar-refractivity contribution in [2.75, 3.05) is 0 Å². The minimum atomic E-state index is -0.181. The molecule has 0 amide bonds. The third-order valence-electron chi connectivity index (χ3n) is 1.74. The average Bonchev–Trinajstić information content (AvgIpc) is 2.28. The average molecular weight is 156 g/mol. The van der Waals surface area contributed by atoms with Gasteiger partial charge < -0.3 is 5.11 Å². The van der Waals surface area contributed by atoms with Crippen molar-refractivity contribution in [2.24, 2.45) is 7.05 Å². The molecule has 4 nitrogen and oxygen atoms in total. The number of rotatable bonds is 2. The SMILES string of the molecule is CCc1[nH]n(C)c(=O)c1CO. The van der Waals surface area contributed by atoms with Crippen LogP contribution < -0.4 is 5.56 Å². The predicted molar refractivity (Wildman–Crippen MR) is 41.3 cm³/mol. The van der Waals surface area contributed by atoms with Crippen LogP contribution in [0.2, 0.25) is 0 Å². The van der Waals surface area contributed by atoms with Gasteiger partial charge in [-0.15, -0.1) is 0 Å². The molecule has 2 N–H and O–H groups in total. The molecule has 1 aromatic rings. The second-order valence-electron chi connectivity index (χ2n) is 2.44. The lowest BCUT2D eigenvalue weighted by atomic mass is 10.2. The molecule has 0 saturated heterocycles. The summed E-state index contributed by atoms with van der Waals surface area (Å²) in [5.41, 5.74) is 1.17. The highest BCUT2D eigenvalue weighted by atomic mass is 16.3. The number of aliphatic hydroxyl groups excluding tert-OH is 1. The number of hydrogen-bond donors (Lipinski definition) is 2. The van der Waals surface area contributed by atoms with Crippen molar-refractivity contribution in [1.82, 2.24) is 9.78 Å². The van der Waals surface area contributed by atoms with Crippen LogP contribution in [0.4, 0.5) is 0 Å². The van der Waals surface area contributed by atoms with Crippen LogP contribution in [0.15, 0.2) is 4.79 Å². The Kier molecular flexibility index (Phi) is 2.14. The molecular weight excluding hydrogens is 144 g/mol. The molecule has 0 fully saturated rings. The third-order valence-corrected chi connectivity index (χ3v) is 1.74. The first kappa shape index (κ1) is 8.07. The van der Waals surface area contributed by atoms with E-state index < -0.39 is 0 Å². The molecule has 0 aliphatic heterocycles. The summed E-state index contributed by atoms with van der Waals surface area (Å²) >= 11 is 0. The summed E-state index contributed by atoms with van der Waals surface area (Å²) in [6.45, 7) is 1.75. The second kappa shape index (κ2) is 2.92. The number of aromatic nitrogens is 2. The van der Waals surface area contributed by atoms with Gasteiger partial charge in [-0.3, -0.25) is 14.6 Å². The van der Waals surface area contributed by atoms with Crippen LogP contribution in [-0.4, -0.2) is 14.9 Å². The van der Waals surface area contributed by atoms with Gasteiger partial charge in [-0.2, -0.15) is 0 Å². The maximum Gasteiger partial charge on any atom is 0.272 e. The number of aromatic amines is 1. The maximum atomic E-state index is 11.2. The van der Waals surface area contributed by atoms with Gasteiger partial charge in [0.15, 0.2) is 0 Å². The molecule has 0 radical (unpaired) electrons. The van der Waals surface area contributed by atoms with Crippen molar-refractivity contribution in [3.05, 3.63) is 21.6 Å². The summed E-state index contributed by atoms with van der Waals surface area (Å²) in [6, 6.07) is 0. The first-order valence-corrected chi connectivity index (χ1v) is 3.58. The summed E-state index contributed by atoms with van der Waals surface area (Å²) in [4.78, 5) is 11.2. The van der Waals surface area contributed by atoms with Crippen LogP contribution in [0.5, 0.6) is 0 Å². The van der Waals surface area contributed by atoms with Gasteiger partial charge in [0.2, 0.25) is 0 Å². The number of nitrogens with one attached hydrogen (secondary N) is 1. The first-order valence-electron chi connectivity index (χ1n) is 3.58. The van der Waals surface area contributed by atoms with E-state index in [2.05, 4.69) is 5.10 Å². The zero-order chi connectivity index (χ0) is 8.43. The van der Waals surface area contributed by atoms with E-state index in [9.17, 15) is 4.79 Å². The lowest BCUT2D eigenvalue weighted by Gasteiger charge is -1.91. The summed E-state index contributed by atoms with van der Waals surface area (Å²) in [6.07, 6.45) is 0.742. The molecular formula is C7H12N2O2. The quantitative estimate of drug-likeness (QED) is 0.621. The summed E-state index contributed by atoms with van der Waals surface area (Å²) in [5.74, 6) is 0. The van der Waals surface area contributed by atoms with Crippen molar-refractivity contribution in [3.8, 4) is 0 Å². The van der Waals surface area contributed by atoms with Gasteiger partial charge >= 0.3 is 0 Å². The van der Waals surface area contributed by atoms with Crippen molar-refractivity contribution in [1.29, 1.82) is 0 Å². The van der Waals surface area contributed by atoms with Crippen LogP contribution in [0, 0.1) is 0 Å². The fourth-order valence-corrected chi connectivity index (χ4v) is 1.11. The van der Waals surface area contributed by atoms with Crippen molar-refractivity contribution in [3.63, 3.8) is 0 Å². The maximum absolute atomic E-state index is 11.2. The van der Waals surface area contributed by atoms with Gasteiger partial charge in [0.05, 0.1) is 12.2 Å². The third kappa shape index (κ3) is 1.21. The molecule has 1 heterocycles. The molecule has 0 bridgehead atoms. The van der Waals surface area contributed by atoms with Gasteiger partial charge in [0.1, 0.15) is 0 Å². The molecule has 4 heteroatoms. The predicted octanol–water partition coefficient (Wildman–Crippen LogP) is -0.232. The van der Waals surface area contributed by atoms with Crippen molar-refractivity contribution >= 4 is 0 Å². The standard InChI is InChI=1S/C7H12N2O2/c1-3-6-5(4-10)7(11)9(2)8-6/h8,10H,3-4H2,1-2H3. The van der Waals surface area contributed by atoms with Crippen LogP contribution in [0.1, 0.15) is 18.2 Å². The molecule has 11 heavy (non-hydrogen) atoms. The highest BCUT2D eigenvalue weighted by molar-refractivity contribution is 5.15. The van der Waals surface area contributed by atoms with Gasteiger partial charge in [-0.1, -0.05) is 6.92 Å². The largest absolute Gasteiger partial charge is 0.391 e. The number of aryl methyl sites for hydroxylation is 2. The Morgan fingerprint density at radius 1 is 1.64 bits per heavy atom. The van der Waals surface area contributed by atoms with Crippen molar-refractivity contribution in [2.45, 2.75) is 20.0 Å². The van der Waals surface area contributed by atoms with E-state index in [0.717, 1.165) is 12.1 Å². The molecule has 0 atom stereocenters. The van der Waals surface area contributed by atoms with E-state index in [-0.39, 0.29) is 12.2 Å². The Hall–Kier alpha value is -1.03. The Bertz CT molecular complexity index is 298. The highest BCUT2D eigenvalue weighted by Crippen LogP contribution is 2.00. The van der Waals surface area contributed by atoms with E-state index >= 15 is 0 Å². The van der Waals surface area contributed by atoms with E-state index in [1.807, 2.05) is 6.92 Å². The Balaban J connectivity index is 3.27. The van der Waals surface area contributed by atoms with E-state index in [4.69, 9.17) is 5.11 Å². The fraction of sp³-hybridized carbons (Fsp3) is 0.571. The van der Waals surface area contributed by atoms with Crippen LogP contribution in [0.25, 0.3) is 0 Å². The summed E-state index contributed by atoms with van der Waals surface area (Å²) in [7, 11) is 1.64. The Morgan fingerprint density at radius 3 is 2.64 bits per heavy atom.